The molecule has 0 amide bonds. The Labute approximate surface area is 109 Å². The van der Waals surface area contributed by atoms with Crippen molar-refractivity contribution in [1.29, 1.82) is 0 Å². The minimum atomic E-state index is -0.360. The zero-order chi connectivity index (χ0) is 13.6. The van der Waals surface area contributed by atoms with E-state index >= 15 is 0 Å². The van der Waals surface area contributed by atoms with Crippen LogP contribution in [-0.2, 0) is 15.7 Å². The van der Waals surface area contributed by atoms with Crippen LogP contribution < -0.4 is 5.46 Å². The molecule has 1 aliphatic heterocycles. The molecule has 1 aromatic rings. The molecule has 2 rings (SSSR count). The van der Waals surface area contributed by atoms with E-state index < -0.39 is 0 Å². The minimum Gasteiger partial charge on any atom is -0.508 e. The molecular formula is C14H21BO3. The third-order valence-electron chi connectivity index (χ3n) is 4.01. The second kappa shape index (κ2) is 4.28. The number of aryl methyl sites for hydroxylation is 1. The Hall–Kier alpha value is -0.995. The van der Waals surface area contributed by atoms with E-state index in [4.69, 9.17) is 9.31 Å². The lowest BCUT2D eigenvalue weighted by Gasteiger charge is -2.32. The van der Waals surface area contributed by atoms with Crippen molar-refractivity contribution >= 4 is 12.6 Å². The highest BCUT2D eigenvalue weighted by atomic mass is 16.7. The summed E-state index contributed by atoms with van der Waals surface area (Å²) in [7, 11) is -0.360. The minimum absolute atomic E-state index is 0.331. The largest absolute Gasteiger partial charge is 0.508 e. The van der Waals surface area contributed by atoms with Gasteiger partial charge < -0.3 is 14.4 Å². The average Bonchev–Trinajstić information content (AvgIpc) is 2.49. The molecule has 0 saturated carbocycles. The van der Waals surface area contributed by atoms with Gasteiger partial charge in [-0.1, -0.05) is 19.1 Å². The molecule has 0 spiro atoms. The van der Waals surface area contributed by atoms with Crippen molar-refractivity contribution in [2.24, 2.45) is 0 Å². The van der Waals surface area contributed by atoms with Gasteiger partial charge in [0.2, 0.25) is 0 Å². The van der Waals surface area contributed by atoms with Crippen LogP contribution in [-0.4, -0.2) is 23.4 Å². The van der Waals surface area contributed by atoms with E-state index in [9.17, 15) is 5.11 Å². The molecule has 98 valence electrons. The summed E-state index contributed by atoms with van der Waals surface area (Å²) in [4.78, 5) is 0. The van der Waals surface area contributed by atoms with Crippen LogP contribution in [0.2, 0.25) is 0 Å². The highest BCUT2D eigenvalue weighted by molar-refractivity contribution is 6.62. The van der Waals surface area contributed by atoms with Crippen molar-refractivity contribution in [2.45, 2.75) is 52.2 Å². The average molecular weight is 248 g/mol. The normalized spacial score (nSPS) is 21.3. The Morgan fingerprint density at radius 2 is 1.67 bits per heavy atom. The van der Waals surface area contributed by atoms with Crippen LogP contribution in [0, 0.1) is 0 Å². The molecule has 3 nitrogen and oxygen atoms in total. The number of hydrogen-bond acceptors (Lipinski definition) is 3. The topological polar surface area (TPSA) is 38.7 Å². The van der Waals surface area contributed by atoms with Gasteiger partial charge in [-0.15, -0.1) is 0 Å². The molecule has 0 unspecified atom stereocenters. The Morgan fingerprint density at radius 1 is 1.11 bits per heavy atom. The van der Waals surface area contributed by atoms with Crippen molar-refractivity contribution in [2.75, 3.05) is 0 Å². The molecule has 1 N–H and O–H groups in total. The lowest BCUT2D eigenvalue weighted by Crippen LogP contribution is -2.41. The molecule has 1 aromatic carbocycles. The van der Waals surface area contributed by atoms with Crippen LogP contribution in [0.1, 0.15) is 40.2 Å². The summed E-state index contributed by atoms with van der Waals surface area (Å²) in [6.45, 7) is 10.2. The quantitative estimate of drug-likeness (QED) is 0.816. The first-order valence-electron chi connectivity index (χ1n) is 6.44. The van der Waals surface area contributed by atoms with E-state index in [1.165, 1.54) is 0 Å². The van der Waals surface area contributed by atoms with Gasteiger partial charge in [0.05, 0.1) is 11.2 Å². The van der Waals surface area contributed by atoms with Gasteiger partial charge in [0, 0.05) is 0 Å². The molecule has 4 heteroatoms. The fourth-order valence-electron chi connectivity index (χ4n) is 2.01. The standard InChI is InChI=1S/C14H21BO3/c1-6-10-9-11(7-8-12(10)16)15-17-13(2,3)14(4,5)18-15/h7-9,16H,6H2,1-5H3. The van der Waals surface area contributed by atoms with E-state index in [0.717, 1.165) is 17.4 Å². The molecule has 0 atom stereocenters. The van der Waals surface area contributed by atoms with Gasteiger partial charge >= 0.3 is 7.12 Å². The van der Waals surface area contributed by atoms with Crippen LogP contribution in [0.5, 0.6) is 5.75 Å². The number of rotatable bonds is 2. The Balaban J connectivity index is 2.30. The second-order valence-corrected chi connectivity index (χ2v) is 5.83. The number of phenols is 1. The van der Waals surface area contributed by atoms with E-state index in [2.05, 4.69) is 0 Å². The van der Waals surface area contributed by atoms with Crippen LogP contribution >= 0.6 is 0 Å². The SMILES string of the molecule is CCc1cc(B2OC(C)(C)C(C)(C)O2)ccc1O. The number of benzene rings is 1. The Morgan fingerprint density at radius 3 is 2.17 bits per heavy atom. The van der Waals surface area contributed by atoms with Gasteiger partial charge in [0.25, 0.3) is 0 Å². The van der Waals surface area contributed by atoms with Crippen LogP contribution in [0.3, 0.4) is 0 Å². The molecule has 18 heavy (non-hydrogen) atoms. The summed E-state index contributed by atoms with van der Waals surface area (Å²) < 4.78 is 12.0. The fourth-order valence-corrected chi connectivity index (χ4v) is 2.01. The predicted octanol–water partition coefficient (Wildman–Crippen LogP) is 2.25. The summed E-state index contributed by atoms with van der Waals surface area (Å²) in [5.41, 5.74) is 1.22. The van der Waals surface area contributed by atoms with Crippen LogP contribution in [0.25, 0.3) is 0 Å². The highest BCUT2D eigenvalue weighted by Gasteiger charge is 2.51. The Kier molecular flexibility index (Phi) is 3.20. The summed E-state index contributed by atoms with van der Waals surface area (Å²) >= 11 is 0. The van der Waals surface area contributed by atoms with Gasteiger partial charge in [-0.05, 0) is 51.2 Å². The molecule has 1 saturated heterocycles. The number of phenolic OH excluding ortho intramolecular Hbond substituents is 1. The van der Waals surface area contributed by atoms with Crippen molar-refractivity contribution in [3.63, 3.8) is 0 Å². The zero-order valence-corrected chi connectivity index (χ0v) is 11.8. The second-order valence-electron chi connectivity index (χ2n) is 5.83. The molecule has 1 heterocycles. The first kappa shape index (κ1) is 13.4. The van der Waals surface area contributed by atoms with Crippen LogP contribution in [0.15, 0.2) is 18.2 Å². The monoisotopic (exact) mass is 248 g/mol. The molecule has 1 aliphatic rings. The first-order valence-corrected chi connectivity index (χ1v) is 6.44. The maximum absolute atomic E-state index is 9.70. The maximum Gasteiger partial charge on any atom is 0.494 e. The van der Waals surface area contributed by atoms with E-state index in [1.54, 1.807) is 6.07 Å². The van der Waals surface area contributed by atoms with Gasteiger partial charge in [-0.3, -0.25) is 0 Å². The lowest BCUT2D eigenvalue weighted by atomic mass is 9.78. The summed E-state index contributed by atoms with van der Waals surface area (Å²) in [6, 6.07) is 5.52. The smallest absolute Gasteiger partial charge is 0.494 e. The van der Waals surface area contributed by atoms with E-state index in [-0.39, 0.29) is 18.3 Å². The van der Waals surface area contributed by atoms with Crippen molar-refractivity contribution in [3.05, 3.63) is 23.8 Å². The third kappa shape index (κ3) is 2.15. The summed E-state index contributed by atoms with van der Waals surface area (Å²) in [6.07, 6.45) is 0.791. The van der Waals surface area contributed by atoms with Crippen molar-refractivity contribution in [1.82, 2.24) is 0 Å². The molecule has 0 bridgehead atoms. The van der Waals surface area contributed by atoms with Gasteiger partial charge in [0.15, 0.2) is 0 Å². The van der Waals surface area contributed by atoms with Gasteiger partial charge in [-0.25, -0.2) is 0 Å². The molecule has 0 radical (unpaired) electrons. The number of aromatic hydroxyl groups is 1. The van der Waals surface area contributed by atoms with Gasteiger partial charge in [0.1, 0.15) is 5.75 Å². The van der Waals surface area contributed by atoms with Gasteiger partial charge in [-0.2, -0.15) is 0 Å². The predicted molar refractivity (Wildman–Crippen MR) is 73.2 cm³/mol. The highest BCUT2D eigenvalue weighted by Crippen LogP contribution is 2.36. The van der Waals surface area contributed by atoms with Crippen molar-refractivity contribution < 1.29 is 14.4 Å². The van der Waals surface area contributed by atoms with E-state index in [0.29, 0.717) is 5.75 Å². The van der Waals surface area contributed by atoms with Crippen LogP contribution in [0.4, 0.5) is 0 Å². The lowest BCUT2D eigenvalue weighted by molar-refractivity contribution is 0.00578. The zero-order valence-electron chi connectivity index (χ0n) is 11.8. The molecule has 0 aliphatic carbocycles. The Bertz CT molecular complexity index is 438. The first-order chi connectivity index (χ1) is 8.27. The summed E-state index contributed by atoms with van der Waals surface area (Å²) in [5.74, 6) is 0.331. The summed E-state index contributed by atoms with van der Waals surface area (Å²) in [5, 5.41) is 9.70. The molecule has 0 aromatic heterocycles. The third-order valence-corrected chi connectivity index (χ3v) is 4.01. The maximum atomic E-state index is 9.70. The molecule has 1 fully saturated rings. The van der Waals surface area contributed by atoms with Crippen molar-refractivity contribution in [3.8, 4) is 5.75 Å². The molecular weight excluding hydrogens is 227 g/mol. The number of hydrogen-bond donors (Lipinski definition) is 1. The fraction of sp³-hybridized carbons (Fsp3) is 0.571. The van der Waals surface area contributed by atoms with E-state index in [1.807, 2.05) is 46.8 Å².